The topological polar surface area (TPSA) is 157 Å². The van der Waals surface area contributed by atoms with Gasteiger partial charge in [0, 0.05) is 81.7 Å². The predicted molar refractivity (Wildman–Crippen MR) is 196 cm³/mol. The first-order valence-corrected chi connectivity index (χ1v) is 18.1. The van der Waals surface area contributed by atoms with E-state index in [9.17, 15) is 24.0 Å². The minimum Gasteiger partial charge on any atom is -0.497 e. The summed E-state index contributed by atoms with van der Waals surface area (Å²) in [5.41, 5.74) is 2.34. The molecule has 1 aromatic heterocycles. The summed E-state index contributed by atoms with van der Waals surface area (Å²) in [6, 6.07) is 13.6. The van der Waals surface area contributed by atoms with E-state index in [4.69, 9.17) is 14.5 Å². The number of piperidine rings is 2. The number of carbonyl (C=O) groups excluding carboxylic acids is 4. The molecule has 1 unspecified atom stereocenters. The van der Waals surface area contributed by atoms with Crippen molar-refractivity contribution in [2.75, 3.05) is 58.4 Å². The molecular weight excluding hydrogens is 697 g/mol. The highest BCUT2D eigenvalue weighted by atomic mass is 19.1. The van der Waals surface area contributed by atoms with Crippen LogP contribution in [-0.2, 0) is 16.1 Å². The molecule has 0 spiro atoms. The van der Waals surface area contributed by atoms with Crippen LogP contribution in [0.25, 0.3) is 22.3 Å². The summed E-state index contributed by atoms with van der Waals surface area (Å²) in [6.07, 6.45) is 2.05. The molecule has 0 radical (unpaired) electrons. The number of hydrogen-bond donors (Lipinski definition) is 2. The maximum Gasteiger partial charge on any atom is 0.265 e. The second-order valence-corrected chi connectivity index (χ2v) is 14.2. The van der Waals surface area contributed by atoms with Crippen molar-refractivity contribution in [1.29, 1.82) is 0 Å². The summed E-state index contributed by atoms with van der Waals surface area (Å²) in [6.45, 7) is 5.53. The fraction of sp³-hybridized carbons (Fsp3) is 0.385. The number of nitrogens with zero attached hydrogens (tertiary/aromatic N) is 5. The van der Waals surface area contributed by atoms with Gasteiger partial charge in [0.2, 0.25) is 11.8 Å². The van der Waals surface area contributed by atoms with Crippen LogP contribution in [0.15, 0.2) is 53.3 Å². The Labute approximate surface area is 309 Å². The molecule has 1 atom stereocenters. The van der Waals surface area contributed by atoms with E-state index >= 15 is 4.39 Å². The van der Waals surface area contributed by atoms with E-state index in [0.717, 1.165) is 68.3 Å². The van der Waals surface area contributed by atoms with Crippen LogP contribution in [0.1, 0.15) is 52.0 Å². The summed E-state index contributed by atoms with van der Waals surface area (Å²) >= 11 is 0. The van der Waals surface area contributed by atoms with Crippen molar-refractivity contribution in [3.63, 3.8) is 0 Å². The van der Waals surface area contributed by atoms with Crippen LogP contribution in [0.4, 0.5) is 10.1 Å². The van der Waals surface area contributed by atoms with Crippen molar-refractivity contribution in [3.05, 3.63) is 81.4 Å². The summed E-state index contributed by atoms with van der Waals surface area (Å²) in [5.74, 6) is -2.10. The van der Waals surface area contributed by atoms with Gasteiger partial charge in [-0.1, -0.05) is 0 Å². The SMILES string of the molecule is COc1cc(OC)c2c(=O)[nH]c(-c3ccc(N4CCC(N5CCN(Cc6cc(F)c7c(c6)C(=O)N(C6CCC(=O)NC6=O)C7=O)CC5)CC4)cc3)nc2c1. The Balaban J connectivity index is 0.851. The van der Waals surface area contributed by atoms with Gasteiger partial charge in [-0.05, 0) is 61.2 Å². The lowest BCUT2D eigenvalue weighted by Crippen LogP contribution is -2.54. The molecule has 54 heavy (non-hydrogen) atoms. The Morgan fingerprint density at radius 3 is 2.28 bits per heavy atom. The number of methoxy groups -OCH3 is 2. The average Bonchev–Trinajstić information content (AvgIpc) is 3.43. The maximum atomic E-state index is 15.3. The quantitative estimate of drug-likeness (QED) is 0.257. The zero-order valence-corrected chi connectivity index (χ0v) is 30.0. The molecule has 4 aliphatic heterocycles. The highest BCUT2D eigenvalue weighted by molar-refractivity contribution is 6.23. The lowest BCUT2D eigenvalue weighted by Gasteiger charge is -2.43. The molecule has 3 fully saturated rings. The molecule has 3 aromatic carbocycles. The number of nitrogens with one attached hydrogen (secondary N) is 2. The molecule has 8 rings (SSSR count). The zero-order chi connectivity index (χ0) is 37.7. The molecular formula is C39H40FN7O7. The van der Waals surface area contributed by atoms with Crippen LogP contribution in [0.5, 0.6) is 11.5 Å². The monoisotopic (exact) mass is 737 g/mol. The lowest BCUT2D eigenvalue weighted by atomic mass is 10.0. The first-order chi connectivity index (χ1) is 26.1. The highest BCUT2D eigenvalue weighted by Crippen LogP contribution is 2.32. The van der Waals surface area contributed by atoms with Crippen LogP contribution >= 0.6 is 0 Å². The standard InChI is InChI=1S/C39H40FN7O7/c1-53-26-19-29-34(31(20-26)54-2)37(50)43-35(41-29)23-3-5-24(6-4-23)45-11-9-25(10-12-45)46-15-13-44(14-16-46)21-22-17-27-33(28(40)18-22)39(52)47(38(27)51)30-7-8-32(48)42-36(30)49/h3-6,17-20,25,30H,7-16,21H2,1-2H3,(H,41,43,50)(H,42,48,49). The third-order valence-corrected chi connectivity index (χ3v) is 11.1. The van der Waals surface area contributed by atoms with Crippen LogP contribution in [-0.4, -0.2) is 114 Å². The van der Waals surface area contributed by atoms with E-state index in [-0.39, 0.29) is 29.5 Å². The van der Waals surface area contributed by atoms with Gasteiger partial charge in [0.15, 0.2) is 0 Å². The number of carbonyl (C=O) groups is 4. The van der Waals surface area contributed by atoms with Gasteiger partial charge in [-0.3, -0.25) is 44.0 Å². The number of anilines is 1. The van der Waals surface area contributed by atoms with Crippen LogP contribution < -0.4 is 25.2 Å². The number of rotatable bonds is 8. The van der Waals surface area contributed by atoms with Crippen molar-refractivity contribution in [2.45, 2.75) is 44.3 Å². The number of aromatic amines is 1. The molecule has 5 heterocycles. The molecule has 3 saturated heterocycles. The number of hydrogen-bond acceptors (Lipinski definition) is 11. The molecule has 4 aliphatic rings. The summed E-state index contributed by atoms with van der Waals surface area (Å²) in [5, 5.41) is 2.53. The summed E-state index contributed by atoms with van der Waals surface area (Å²) in [7, 11) is 3.06. The van der Waals surface area contributed by atoms with Crippen molar-refractivity contribution >= 4 is 40.2 Å². The van der Waals surface area contributed by atoms with Crippen molar-refractivity contribution in [3.8, 4) is 22.9 Å². The number of imide groups is 2. The lowest BCUT2D eigenvalue weighted by molar-refractivity contribution is -0.136. The Kier molecular flexibility index (Phi) is 9.36. The molecule has 280 valence electrons. The van der Waals surface area contributed by atoms with E-state index in [1.807, 2.05) is 12.1 Å². The number of halogens is 1. The number of piperazine rings is 1. The van der Waals surface area contributed by atoms with Crippen LogP contribution in [0, 0.1) is 5.82 Å². The van der Waals surface area contributed by atoms with E-state index in [1.165, 1.54) is 13.2 Å². The number of benzene rings is 3. The van der Waals surface area contributed by atoms with Crippen molar-refractivity contribution < 1.29 is 33.0 Å². The Hall–Kier alpha value is -5.67. The molecule has 0 aliphatic carbocycles. The molecule has 4 amide bonds. The number of amides is 4. The molecule has 2 N–H and O–H groups in total. The average molecular weight is 738 g/mol. The van der Waals surface area contributed by atoms with Gasteiger partial charge >= 0.3 is 0 Å². The van der Waals surface area contributed by atoms with Gasteiger partial charge in [-0.2, -0.15) is 0 Å². The number of aromatic nitrogens is 2. The van der Waals surface area contributed by atoms with Gasteiger partial charge in [0.1, 0.15) is 34.6 Å². The fourth-order valence-corrected chi connectivity index (χ4v) is 8.18. The highest BCUT2D eigenvalue weighted by Gasteiger charge is 2.46. The van der Waals surface area contributed by atoms with E-state index in [2.05, 4.69) is 37.1 Å². The van der Waals surface area contributed by atoms with Gasteiger partial charge in [-0.15, -0.1) is 0 Å². The van der Waals surface area contributed by atoms with Crippen LogP contribution in [0.2, 0.25) is 0 Å². The van der Waals surface area contributed by atoms with E-state index < -0.39 is 35.5 Å². The predicted octanol–water partition coefficient (Wildman–Crippen LogP) is 2.93. The first-order valence-electron chi connectivity index (χ1n) is 18.1. The number of fused-ring (bicyclic) bond motifs is 2. The Morgan fingerprint density at radius 1 is 0.852 bits per heavy atom. The zero-order valence-electron chi connectivity index (χ0n) is 30.0. The van der Waals surface area contributed by atoms with Gasteiger partial charge in [-0.25, -0.2) is 9.37 Å². The van der Waals surface area contributed by atoms with E-state index in [1.54, 1.807) is 25.3 Å². The minimum absolute atomic E-state index is 0.000772. The normalized spacial score (nSPS) is 20.1. The van der Waals surface area contributed by atoms with Crippen LogP contribution in [0.3, 0.4) is 0 Å². The second-order valence-electron chi connectivity index (χ2n) is 14.2. The third-order valence-electron chi connectivity index (χ3n) is 11.1. The number of ether oxygens (including phenoxy) is 2. The Bertz CT molecular complexity index is 2230. The minimum atomic E-state index is -1.14. The molecule has 15 heteroatoms. The Morgan fingerprint density at radius 2 is 1.59 bits per heavy atom. The summed E-state index contributed by atoms with van der Waals surface area (Å²) in [4.78, 5) is 78.8. The van der Waals surface area contributed by atoms with Crippen molar-refractivity contribution in [1.82, 2.24) is 30.0 Å². The first kappa shape index (κ1) is 35.4. The fourth-order valence-electron chi connectivity index (χ4n) is 8.18. The van der Waals surface area contributed by atoms with E-state index in [0.29, 0.717) is 46.4 Å². The number of H-pyrrole nitrogens is 1. The maximum absolute atomic E-state index is 15.3. The largest absolute Gasteiger partial charge is 0.497 e. The van der Waals surface area contributed by atoms with Gasteiger partial charge in [0.25, 0.3) is 17.4 Å². The second kappa shape index (κ2) is 14.3. The smallest absolute Gasteiger partial charge is 0.265 e. The third kappa shape index (κ3) is 6.47. The van der Waals surface area contributed by atoms with Gasteiger partial charge in [0.05, 0.1) is 30.9 Å². The molecule has 0 bridgehead atoms. The van der Waals surface area contributed by atoms with Gasteiger partial charge < -0.3 is 19.4 Å². The van der Waals surface area contributed by atoms with Crippen molar-refractivity contribution in [2.24, 2.45) is 0 Å². The molecule has 0 saturated carbocycles. The molecule has 14 nitrogen and oxygen atoms in total. The summed E-state index contributed by atoms with van der Waals surface area (Å²) < 4.78 is 26.0. The molecule has 4 aromatic rings.